The Morgan fingerprint density at radius 2 is 2.05 bits per heavy atom. The van der Waals surface area contributed by atoms with Crippen molar-refractivity contribution in [1.82, 2.24) is 0 Å². The summed E-state index contributed by atoms with van der Waals surface area (Å²) < 4.78 is 19.2. The molecule has 0 saturated carbocycles. The summed E-state index contributed by atoms with van der Waals surface area (Å²) in [6.07, 6.45) is 0.766. The quantitative estimate of drug-likeness (QED) is 0.785. The molecule has 0 aliphatic heterocycles. The SMILES string of the molecule is Cc1ccc(OCc2ccc(F)cc2Br)c(C=O)c1. The van der Waals surface area contributed by atoms with Crippen LogP contribution in [0.3, 0.4) is 0 Å². The normalized spacial score (nSPS) is 10.3. The van der Waals surface area contributed by atoms with Gasteiger partial charge in [-0.05, 0) is 31.2 Å². The van der Waals surface area contributed by atoms with E-state index in [0.717, 1.165) is 17.4 Å². The van der Waals surface area contributed by atoms with Crippen LogP contribution >= 0.6 is 15.9 Å². The van der Waals surface area contributed by atoms with Crippen LogP contribution in [-0.2, 0) is 6.61 Å². The highest BCUT2D eigenvalue weighted by Crippen LogP contribution is 2.23. The van der Waals surface area contributed by atoms with E-state index in [2.05, 4.69) is 15.9 Å². The zero-order chi connectivity index (χ0) is 13.8. The summed E-state index contributed by atoms with van der Waals surface area (Å²) in [7, 11) is 0. The summed E-state index contributed by atoms with van der Waals surface area (Å²) >= 11 is 3.28. The molecular weight excluding hydrogens is 311 g/mol. The summed E-state index contributed by atoms with van der Waals surface area (Å²) in [5, 5.41) is 0. The van der Waals surface area contributed by atoms with E-state index in [4.69, 9.17) is 4.74 Å². The van der Waals surface area contributed by atoms with E-state index in [1.54, 1.807) is 18.2 Å². The second-order valence-corrected chi connectivity index (χ2v) is 5.04. The molecule has 0 aliphatic carbocycles. The highest BCUT2D eigenvalue weighted by Gasteiger charge is 2.06. The number of rotatable bonds is 4. The van der Waals surface area contributed by atoms with Crippen molar-refractivity contribution in [3.05, 3.63) is 63.4 Å². The molecule has 0 radical (unpaired) electrons. The zero-order valence-electron chi connectivity index (χ0n) is 10.3. The Hall–Kier alpha value is -1.68. The molecule has 0 bridgehead atoms. The van der Waals surface area contributed by atoms with Gasteiger partial charge in [-0.1, -0.05) is 33.6 Å². The number of carbonyl (C=O) groups is 1. The maximum absolute atomic E-state index is 13.0. The molecule has 0 amide bonds. The lowest BCUT2D eigenvalue weighted by atomic mass is 10.1. The fourth-order valence-electron chi connectivity index (χ4n) is 1.69. The van der Waals surface area contributed by atoms with Crippen molar-refractivity contribution < 1.29 is 13.9 Å². The third-order valence-electron chi connectivity index (χ3n) is 2.69. The molecule has 0 heterocycles. The van der Waals surface area contributed by atoms with Crippen LogP contribution in [-0.4, -0.2) is 6.29 Å². The van der Waals surface area contributed by atoms with Crippen molar-refractivity contribution >= 4 is 22.2 Å². The minimum Gasteiger partial charge on any atom is -0.488 e. The fraction of sp³-hybridized carbons (Fsp3) is 0.133. The molecule has 2 aromatic rings. The molecule has 0 unspecified atom stereocenters. The van der Waals surface area contributed by atoms with Gasteiger partial charge in [0, 0.05) is 10.0 Å². The standard InChI is InChI=1S/C15H12BrFO2/c1-10-2-5-15(12(6-10)8-18)19-9-11-3-4-13(17)7-14(11)16/h2-8H,9H2,1H3. The summed E-state index contributed by atoms with van der Waals surface area (Å²) in [5.41, 5.74) is 2.33. The highest BCUT2D eigenvalue weighted by atomic mass is 79.9. The molecule has 4 heteroatoms. The first-order chi connectivity index (χ1) is 9.10. The Labute approximate surface area is 119 Å². The Bertz CT molecular complexity index is 611. The Morgan fingerprint density at radius 1 is 1.26 bits per heavy atom. The number of hydrogen-bond acceptors (Lipinski definition) is 2. The highest BCUT2D eigenvalue weighted by molar-refractivity contribution is 9.10. The molecule has 0 spiro atoms. The smallest absolute Gasteiger partial charge is 0.153 e. The average Bonchev–Trinajstić information content (AvgIpc) is 2.39. The largest absolute Gasteiger partial charge is 0.488 e. The topological polar surface area (TPSA) is 26.3 Å². The van der Waals surface area contributed by atoms with Crippen LogP contribution in [0.5, 0.6) is 5.75 Å². The molecule has 0 saturated heterocycles. The fourth-order valence-corrected chi connectivity index (χ4v) is 2.15. The first-order valence-corrected chi connectivity index (χ1v) is 6.52. The van der Waals surface area contributed by atoms with Crippen molar-refractivity contribution in [2.45, 2.75) is 13.5 Å². The van der Waals surface area contributed by atoms with E-state index in [1.165, 1.54) is 12.1 Å². The van der Waals surface area contributed by atoms with Gasteiger partial charge in [-0.3, -0.25) is 4.79 Å². The van der Waals surface area contributed by atoms with Crippen LogP contribution in [0.1, 0.15) is 21.5 Å². The third-order valence-corrected chi connectivity index (χ3v) is 3.43. The summed E-state index contributed by atoms with van der Waals surface area (Å²) in [6.45, 7) is 2.18. The first-order valence-electron chi connectivity index (χ1n) is 5.72. The lowest BCUT2D eigenvalue weighted by molar-refractivity contribution is 0.111. The van der Waals surface area contributed by atoms with Gasteiger partial charge in [0.05, 0.1) is 5.56 Å². The number of halogens is 2. The minimum absolute atomic E-state index is 0.269. The van der Waals surface area contributed by atoms with Gasteiger partial charge < -0.3 is 4.74 Å². The number of aryl methyl sites for hydroxylation is 1. The van der Waals surface area contributed by atoms with Gasteiger partial charge in [-0.2, -0.15) is 0 Å². The molecule has 2 aromatic carbocycles. The van der Waals surface area contributed by atoms with Gasteiger partial charge in [0.2, 0.25) is 0 Å². The van der Waals surface area contributed by atoms with Crippen molar-refractivity contribution in [1.29, 1.82) is 0 Å². The molecule has 0 N–H and O–H groups in total. The third kappa shape index (κ3) is 3.41. The van der Waals surface area contributed by atoms with Crippen LogP contribution in [0, 0.1) is 12.7 Å². The van der Waals surface area contributed by atoms with Gasteiger partial charge in [0.25, 0.3) is 0 Å². The van der Waals surface area contributed by atoms with Crippen molar-refractivity contribution in [2.24, 2.45) is 0 Å². The van der Waals surface area contributed by atoms with Gasteiger partial charge in [0.1, 0.15) is 18.2 Å². The van der Waals surface area contributed by atoms with Gasteiger partial charge >= 0.3 is 0 Å². The summed E-state index contributed by atoms with van der Waals surface area (Å²) in [5.74, 6) is 0.219. The van der Waals surface area contributed by atoms with E-state index < -0.39 is 0 Å². The number of ether oxygens (including phenoxy) is 1. The minimum atomic E-state index is -0.306. The Kier molecular flexibility index (Phi) is 4.32. The molecular formula is C15H12BrFO2. The predicted octanol–water partition coefficient (Wildman–Crippen LogP) is 4.29. The average molecular weight is 323 g/mol. The van der Waals surface area contributed by atoms with Crippen LogP contribution < -0.4 is 4.74 Å². The molecule has 0 atom stereocenters. The maximum Gasteiger partial charge on any atom is 0.153 e. The van der Waals surface area contributed by atoms with E-state index >= 15 is 0 Å². The van der Waals surface area contributed by atoms with Crippen LogP contribution in [0.2, 0.25) is 0 Å². The number of carbonyl (C=O) groups excluding carboxylic acids is 1. The van der Waals surface area contributed by atoms with Crippen molar-refractivity contribution in [3.63, 3.8) is 0 Å². The number of aldehydes is 1. The van der Waals surface area contributed by atoms with Crippen molar-refractivity contribution in [3.8, 4) is 5.75 Å². The Morgan fingerprint density at radius 3 is 2.74 bits per heavy atom. The second-order valence-electron chi connectivity index (χ2n) is 4.18. The van der Waals surface area contributed by atoms with Crippen LogP contribution in [0.15, 0.2) is 40.9 Å². The predicted molar refractivity (Wildman–Crippen MR) is 75.0 cm³/mol. The summed E-state index contributed by atoms with van der Waals surface area (Å²) in [4.78, 5) is 11.0. The summed E-state index contributed by atoms with van der Waals surface area (Å²) in [6, 6.07) is 9.81. The zero-order valence-corrected chi connectivity index (χ0v) is 11.9. The Balaban J connectivity index is 2.16. The first kappa shape index (κ1) is 13.7. The number of benzene rings is 2. The van der Waals surface area contributed by atoms with Crippen molar-refractivity contribution in [2.75, 3.05) is 0 Å². The molecule has 2 rings (SSSR count). The van der Waals surface area contributed by atoms with E-state index in [-0.39, 0.29) is 12.4 Å². The molecule has 0 fully saturated rings. The molecule has 98 valence electrons. The number of hydrogen-bond donors (Lipinski definition) is 0. The van der Waals surface area contributed by atoms with Crippen LogP contribution in [0.25, 0.3) is 0 Å². The van der Waals surface area contributed by atoms with Gasteiger partial charge in [-0.25, -0.2) is 4.39 Å². The lowest BCUT2D eigenvalue weighted by Crippen LogP contribution is -1.99. The monoisotopic (exact) mass is 322 g/mol. The van der Waals surface area contributed by atoms with Gasteiger partial charge in [-0.15, -0.1) is 0 Å². The van der Waals surface area contributed by atoms with E-state index in [1.807, 2.05) is 13.0 Å². The lowest BCUT2D eigenvalue weighted by Gasteiger charge is -2.10. The van der Waals surface area contributed by atoms with Crippen LogP contribution in [0.4, 0.5) is 4.39 Å². The molecule has 0 aromatic heterocycles. The van der Waals surface area contributed by atoms with E-state index in [0.29, 0.717) is 15.8 Å². The second kappa shape index (κ2) is 5.97. The molecule has 0 aliphatic rings. The molecule has 2 nitrogen and oxygen atoms in total. The maximum atomic E-state index is 13.0. The van der Waals surface area contributed by atoms with Gasteiger partial charge in [0.15, 0.2) is 6.29 Å². The molecule has 19 heavy (non-hydrogen) atoms. The van der Waals surface area contributed by atoms with E-state index in [9.17, 15) is 9.18 Å².